The number of carbonyl (C=O) groups excluding carboxylic acids is 1. The van der Waals surface area contributed by atoms with Gasteiger partial charge in [0.2, 0.25) is 0 Å². The third-order valence-corrected chi connectivity index (χ3v) is 2.72. The number of carbonyl (C=O) groups is 1. The second kappa shape index (κ2) is 8.57. The van der Waals surface area contributed by atoms with Gasteiger partial charge in [-0.1, -0.05) is 42.5 Å². The predicted octanol–water partition coefficient (Wildman–Crippen LogP) is 3.69. The van der Waals surface area contributed by atoms with Crippen LogP contribution < -0.4 is 0 Å². The normalized spacial score (nSPS) is 17.8. The van der Waals surface area contributed by atoms with E-state index in [1.165, 1.54) is 24.8 Å². The van der Waals surface area contributed by atoms with Crippen LogP contribution in [0.1, 0.15) is 37.7 Å². The van der Waals surface area contributed by atoms with Gasteiger partial charge in [0.1, 0.15) is 0 Å². The molecule has 1 atom stereocenters. The van der Waals surface area contributed by atoms with Crippen LogP contribution in [0.4, 0.5) is 0 Å². The number of ether oxygens (including phenoxy) is 1. The van der Waals surface area contributed by atoms with Gasteiger partial charge in [-0.2, -0.15) is 0 Å². The Morgan fingerprint density at radius 1 is 1.35 bits per heavy atom. The quantitative estimate of drug-likeness (QED) is 0.587. The first-order chi connectivity index (χ1) is 8.38. The third-order valence-electron chi connectivity index (χ3n) is 2.72. The first-order valence-corrected chi connectivity index (χ1v) is 6.15. The topological polar surface area (TPSA) is 26.3 Å². The molecule has 0 radical (unpaired) electrons. The molecule has 0 N–H and O–H groups in total. The summed E-state index contributed by atoms with van der Waals surface area (Å²) < 4.78 is 4.15. The molecule has 0 fully saturated rings. The molecule has 2 rings (SSSR count). The maximum atomic E-state index is 9.18. The van der Waals surface area contributed by atoms with Crippen molar-refractivity contribution in [2.75, 3.05) is 6.61 Å². The zero-order chi connectivity index (χ0) is 12.3. The summed E-state index contributed by atoms with van der Waals surface area (Å²) in [5.74, 6) is 0.681. The highest BCUT2D eigenvalue weighted by molar-refractivity contribution is 5.36. The van der Waals surface area contributed by atoms with Crippen molar-refractivity contribution in [2.45, 2.75) is 32.1 Å². The van der Waals surface area contributed by atoms with E-state index < -0.39 is 0 Å². The molecule has 0 saturated heterocycles. The van der Waals surface area contributed by atoms with E-state index in [-0.39, 0.29) is 0 Å². The smallest absolute Gasteiger partial charge is 0.293 e. The van der Waals surface area contributed by atoms with E-state index in [0.29, 0.717) is 19.0 Å². The van der Waals surface area contributed by atoms with Gasteiger partial charge in [0, 0.05) is 5.92 Å². The zero-order valence-corrected chi connectivity index (χ0v) is 10.3. The number of rotatable bonds is 3. The molecule has 1 unspecified atom stereocenters. The third kappa shape index (κ3) is 5.34. The number of benzene rings is 1. The molecule has 0 bridgehead atoms. The summed E-state index contributed by atoms with van der Waals surface area (Å²) in [7, 11) is 0. The van der Waals surface area contributed by atoms with Crippen LogP contribution in [0.2, 0.25) is 0 Å². The fourth-order valence-corrected chi connectivity index (χ4v) is 1.86. The molecule has 1 aromatic carbocycles. The lowest BCUT2D eigenvalue weighted by molar-refractivity contribution is -0.128. The van der Waals surface area contributed by atoms with Gasteiger partial charge in [0.25, 0.3) is 6.47 Å². The van der Waals surface area contributed by atoms with Gasteiger partial charge in [-0.05, 0) is 31.7 Å². The van der Waals surface area contributed by atoms with E-state index in [2.05, 4.69) is 47.2 Å². The molecule has 1 aromatic rings. The van der Waals surface area contributed by atoms with Crippen molar-refractivity contribution in [1.82, 2.24) is 0 Å². The highest BCUT2D eigenvalue weighted by atomic mass is 16.5. The van der Waals surface area contributed by atoms with Gasteiger partial charge in [0.15, 0.2) is 0 Å². The molecule has 17 heavy (non-hydrogen) atoms. The maximum Gasteiger partial charge on any atom is 0.293 e. The summed E-state index contributed by atoms with van der Waals surface area (Å²) in [6.45, 7) is 2.66. The molecule has 0 spiro atoms. The van der Waals surface area contributed by atoms with Crippen molar-refractivity contribution >= 4 is 6.47 Å². The average Bonchev–Trinajstić information content (AvgIpc) is 2.42. The van der Waals surface area contributed by atoms with E-state index in [4.69, 9.17) is 0 Å². The Hall–Kier alpha value is -1.57. The summed E-state index contributed by atoms with van der Waals surface area (Å²) in [6, 6.07) is 10.8. The fourth-order valence-electron chi connectivity index (χ4n) is 1.86. The summed E-state index contributed by atoms with van der Waals surface area (Å²) in [5, 5.41) is 0. The monoisotopic (exact) mass is 232 g/mol. The van der Waals surface area contributed by atoms with Gasteiger partial charge in [-0.15, -0.1) is 0 Å². The number of hydrogen-bond donors (Lipinski definition) is 0. The second-order valence-corrected chi connectivity index (χ2v) is 3.93. The van der Waals surface area contributed by atoms with Crippen LogP contribution in [0.3, 0.4) is 0 Å². The first kappa shape index (κ1) is 13.5. The van der Waals surface area contributed by atoms with E-state index in [1.807, 2.05) is 0 Å². The van der Waals surface area contributed by atoms with Crippen LogP contribution in [-0.2, 0) is 9.53 Å². The lowest BCUT2D eigenvalue weighted by Crippen LogP contribution is -1.98. The lowest BCUT2D eigenvalue weighted by atomic mass is 9.89. The molecule has 0 aliphatic heterocycles. The van der Waals surface area contributed by atoms with Crippen LogP contribution in [-0.4, -0.2) is 13.1 Å². The van der Waals surface area contributed by atoms with Gasteiger partial charge >= 0.3 is 0 Å². The summed E-state index contributed by atoms with van der Waals surface area (Å²) in [6.07, 6.45) is 8.58. The minimum Gasteiger partial charge on any atom is -0.468 e. The van der Waals surface area contributed by atoms with E-state index in [1.54, 1.807) is 6.92 Å². The minimum absolute atomic E-state index is 0.431. The molecule has 0 aromatic heterocycles. The van der Waals surface area contributed by atoms with Crippen LogP contribution in [0.5, 0.6) is 0 Å². The maximum absolute atomic E-state index is 9.18. The van der Waals surface area contributed by atoms with E-state index in [9.17, 15) is 4.79 Å². The standard InChI is InChI=1S/C12H14.C3H6O2/c1-3-7-11(8-4-1)12-9-5-2-6-10-12;1-2-5-3-4/h1,3-5,7-9,12H,2,6,10H2;3H,2H2,1H3. The first-order valence-electron chi connectivity index (χ1n) is 6.15. The van der Waals surface area contributed by atoms with Gasteiger partial charge in [-0.25, -0.2) is 0 Å². The van der Waals surface area contributed by atoms with Crippen LogP contribution in [0, 0.1) is 0 Å². The predicted molar refractivity (Wildman–Crippen MR) is 69.9 cm³/mol. The van der Waals surface area contributed by atoms with Crippen molar-refractivity contribution in [3.63, 3.8) is 0 Å². The van der Waals surface area contributed by atoms with Crippen LogP contribution in [0.25, 0.3) is 0 Å². The molecule has 2 heteroatoms. The van der Waals surface area contributed by atoms with Gasteiger partial charge < -0.3 is 4.74 Å². The molecule has 0 saturated carbocycles. The lowest BCUT2D eigenvalue weighted by Gasteiger charge is -2.16. The minimum atomic E-state index is 0.431. The van der Waals surface area contributed by atoms with Gasteiger partial charge in [-0.3, -0.25) is 4.79 Å². The largest absolute Gasteiger partial charge is 0.468 e. The summed E-state index contributed by atoms with van der Waals surface area (Å²) in [5.41, 5.74) is 1.47. The molecule has 1 aliphatic carbocycles. The highest BCUT2D eigenvalue weighted by Crippen LogP contribution is 2.26. The Bertz CT molecular complexity index is 330. The zero-order valence-electron chi connectivity index (χ0n) is 10.3. The Kier molecular flexibility index (Phi) is 6.80. The average molecular weight is 232 g/mol. The second-order valence-electron chi connectivity index (χ2n) is 3.93. The van der Waals surface area contributed by atoms with Crippen molar-refractivity contribution < 1.29 is 9.53 Å². The van der Waals surface area contributed by atoms with Crippen LogP contribution >= 0.6 is 0 Å². The number of allylic oxidation sites excluding steroid dienone is 2. The van der Waals surface area contributed by atoms with Crippen molar-refractivity contribution in [3.05, 3.63) is 48.0 Å². The SMILES string of the molecule is C1=CC(c2ccccc2)CCC1.CCOC=O. The van der Waals surface area contributed by atoms with Crippen molar-refractivity contribution in [3.8, 4) is 0 Å². The molecular weight excluding hydrogens is 212 g/mol. The Balaban J connectivity index is 0.000000249. The van der Waals surface area contributed by atoms with E-state index in [0.717, 1.165) is 0 Å². The Labute approximate surface area is 103 Å². The molecule has 0 heterocycles. The molecule has 2 nitrogen and oxygen atoms in total. The van der Waals surface area contributed by atoms with Gasteiger partial charge in [0.05, 0.1) is 6.61 Å². The number of hydrogen-bond acceptors (Lipinski definition) is 2. The molecule has 0 amide bonds. The Morgan fingerprint density at radius 3 is 2.59 bits per heavy atom. The van der Waals surface area contributed by atoms with Crippen molar-refractivity contribution in [1.29, 1.82) is 0 Å². The summed E-state index contributed by atoms with van der Waals surface area (Å²) in [4.78, 5) is 9.18. The van der Waals surface area contributed by atoms with Crippen LogP contribution in [0.15, 0.2) is 42.5 Å². The van der Waals surface area contributed by atoms with Crippen molar-refractivity contribution in [2.24, 2.45) is 0 Å². The Morgan fingerprint density at radius 2 is 2.12 bits per heavy atom. The molecular formula is C15H20O2. The van der Waals surface area contributed by atoms with E-state index >= 15 is 0 Å². The summed E-state index contributed by atoms with van der Waals surface area (Å²) >= 11 is 0. The molecule has 1 aliphatic rings. The molecule has 92 valence electrons. The highest BCUT2D eigenvalue weighted by Gasteiger charge is 2.09. The fraction of sp³-hybridized carbons (Fsp3) is 0.400.